The molecule has 0 aliphatic carbocycles. The second-order valence-electron chi connectivity index (χ2n) is 9.55. The lowest BCUT2D eigenvalue weighted by Crippen LogP contribution is -2.58. The van der Waals surface area contributed by atoms with Crippen LogP contribution >= 0.6 is 0 Å². The first-order valence-electron chi connectivity index (χ1n) is 12.9. The normalized spacial score (nSPS) is 22.0. The van der Waals surface area contributed by atoms with Crippen LogP contribution in [-0.4, -0.2) is 79.7 Å². The van der Waals surface area contributed by atoms with Gasteiger partial charge in [0.15, 0.2) is 0 Å². The zero-order valence-corrected chi connectivity index (χ0v) is 21.1. The molecule has 0 spiro atoms. The molecule has 0 aromatic heterocycles. The maximum atomic E-state index is 13.5. The first kappa shape index (κ1) is 26.1. The van der Waals surface area contributed by atoms with E-state index >= 15 is 0 Å². The summed E-state index contributed by atoms with van der Waals surface area (Å²) >= 11 is 0. The quantitative estimate of drug-likeness (QED) is 0.527. The Balaban J connectivity index is 1.55. The van der Waals surface area contributed by atoms with Crippen LogP contribution < -0.4 is 15.8 Å². The summed E-state index contributed by atoms with van der Waals surface area (Å²) in [6, 6.07) is 17.1. The molecule has 2 heterocycles. The summed E-state index contributed by atoms with van der Waals surface area (Å²) in [5.41, 5.74) is 7.39. The molecule has 3 N–H and O–H groups in total. The number of ether oxygens (including phenoxy) is 2. The van der Waals surface area contributed by atoms with E-state index in [1.807, 2.05) is 6.07 Å². The molecule has 0 saturated carbocycles. The highest BCUT2D eigenvalue weighted by Crippen LogP contribution is 2.28. The van der Waals surface area contributed by atoms with Crippen molar-refractivity contribution in [3.8, 4) is 5.75 Å². The van der Waals surface area contributed by atoms with Crippen LogP contribution in [-0.2, 0) is 16.1 Å². The number of carbonyl (C=O) groups excluding carboxylic acids is 2. The number of likely N-dealkylation sites (tertiary alicyclic amines) is 1. The third-order valence-corrected chi connectivity index (χ3v) is 7.11. The predicted molar refractivity (Wildman–Crippen MR) is 139 cm³/mol. The number of benzene rings is 2. The third kappa shape index (κ3) is 6.63. The van der Waals surface area contributed by atoms with Gasteiger partial charge < -0.3 is 25.4 Å². The van der Waals surface area contributed by atoms with E-state index < -0.39 is 6.04 Å². The molecule has 2 aliphatic heterocycles. The largest absolute Gasteiger partial charge is 0.497 e. The van der Waals surface area contributed by atoms with E-state index in [-0.39, 0.29) is 24.0 Å². The van der Waals surface area contributed by atoms with Crippen molar-refractivity contribution >= 4 is 11.8 Å². The molecule has 36 heavy (non-hydrogen) atoms. The van der Waals surface area contributed by atoms with Gasteiger partial charge in [-0.15, -0.1) is 0 Å². The van der Waals surface area contributed by atoms with Crippen molar-refractivity contribution < 1.29 is 19.1 Å². The van der Waals surface area contributed by atoms with Crippen molar-refractivity contribution in [2.45, 2.75) is 50.4 Å². The van der Waals surface area contributed by atoms with E-state index in [9.17, 15) is 9.59 Å². The summed E-state index contributed by atoms with van der Waals surface area (Å²) in [5.74, 6) is 0.303. The minimum absolute atomic E-state index is 0.150. The molecule has 8 nitrogen and oxygen atoms in total. The van der Waals surface area contributed by atoms with Crippen LogP contribution in [0.4, 0.5) is 0 Å². The summed E-state index contributed by atoms with van der Waals surface area (Å²) < 4.78 is 11.3. The van der Waals surface area contributed by atoms with Crippen LogP contribution in [0.25, 0.3) is 0 Å². The van der Waals surface area contributed by atoms with E-state index in [1.54, 1.807) is 36.3 Å². The summed E-state index contributed by atoms with van der Waals surface area (Å²) in [5, 5.41) is 2.92. The number of rotatable bonds is 10. The Labute approximate surface area is 213 Å². The minimum Gasteiger partial charge on any atom is -0.497 e. The van der Waals surface area contributed by atoms with Gasteiger partial charge in [-0.3, -0.25) is 14.5 Å². The van der Waals surface area contributed by atoms with Crippen LogP contribution in [0.15, 0.2) is 54.6 Å². The molecular weight excluding hydrogens is 456 g/mol. The van der Waals surface area contributed by atoms with Gasteiger partial charge in [0.1, 0.15) is 11.8 Å². The monoisotopic (exact) mass is 494 g/mol. The van der Waals surface area contributed by atoms with Crippen molar-refractivity contribution in [1.82, 2.24) is 15.1 Å². The van der Waals surface area contributed by atoms with Crippen molar-refractivity contribution in [2.75, 3.05) is 39.9 Å². The Kier molecular flexibility index (Phi) is 9.33. The van der Waals surface area contributed by atoms with E-state index in [0.29, 0.717) is 37.4 Å². The van der Waals surface area contributed by atoms with E-state index in [1.165, 1.54) is 5.56 Å². The fraction of sp³-hybridized carbons (Fsp3) is 0.500. The summed E-state index contributed by atoms with van der Waals surface area (Å²) in [4.78, 5) is 31.0. The fourth-order valence-electron chi connectivity index (χ4n) is 5.22. The average Bonchev–Trinajstić information content (AvgIpc) is 3.44. The molecule has 2 aromatic carbocycles. The maximum absolute atomic E-state index is 13.5. The molecule has 0 bridgehead atoms. The lowest BCUT2D eigenvalue weighted by molar-refractivity contribution is -0.127. The first-order valence-corrected chi connectivity index (χ1v) is 12.9. The van der Waals surface area contributed by atoms with E-state index in [0.717, 1.165) is 39.0 Å². The number of amides is 2. The summed E-state index contributed by atoms with van der Waals surface area (Å²) in [7, 11) is 1.58. The summed E-state index contributed by atoms with van der Waals surface area (Å²) in [6.45, 7) is 3.64. The highest BCUT2D eigenvalue weighted by molar-refractivity contribution is 5.98. The number of nitrogens with zero attached hydrogens (tertiary/aromatic N) is 2. The maximum Gasteiger partial charge on any atom is 0.254 e. The van der Waals surface area contributed by atoms with Gasteiger partial charge in [-0.25, -0.2) is 0 Å². The molecule has 2 saturated heterocycles. The minimum atomic E-state index is -0.572. The van der Waals surface area contributed by atoms with Crippen LogP contribution in [0.1, 0.15) is 41.6 Å². The van der Waals surface area contributed by atoms with Crippen LogP contribution in [0.3, 0.4) is 0 Å². The van der Waals surface area contributed by atoms with E-state index in [4.69, 9.17) is 15.2 Å². The second kappa shape index (κ2) is 12.9. The Morgan fingerprint density at radius 2 is 2.00 bits per heavy atom. The molecule has 0 radical (unpaired) electrons. The van der Waals surface area contributed by atoms with Gasteiger partial charge in [0.25, 0.3) is 5.91 Å². The fourth-order valence-corrected chi connectivity index (χ4v) is 5.22. The molecule has 2 fully saturated rings. The smallest absolute Gasteiger partial charge is 0.254 e. The van der Waals surface area contributed by atoms with Gasteiger partial charge in [-0.05, 0) is 49.4 Å². The topological polar surface area (TPSA) is 97.1 Å². The Bertz CT molecular complexity index is 996. The second-order valence-corrected chi connectivity index (χ2v) is 9.55. The molecule has 4 rings (SSSR count). The molecular formula is C28H38N4O4. The predicted octanol–water partition coefficient (Wildman–Crippen LogP) is 2.42. The van der Waals surface area contributed by atoms with Gasteiger partial charge in [0.05, 0.1) is 13.2 Å². The third-order valence-electron chi connectivity index (χ3n) is 7.11. The van der Waals surface area contributed by atoms with Gasteiger partial charge in [-0.1, -0.05) is 36.4 Å². The standard InChI is InChI=1S/C28H38N4O4/c1-35-24-10-5-9-22(17-24)28(34)32-15-12-23(18-26(32)27(33)30-14-13-29)31(20-25-11-6-16-36-25)19-21-7-3-2-4-8-21/h2-5,7-10,17,23,25-26H,6,11-16,18-20,29H2,1H3,(H,30,33)/t23?,25?,26-/m1/s1. The lowest BCUT2D eigenvalue weighted by atomic mass is 9.93. The first-order chi connectivity index (χ1) is 17.6. The Morgan fingerprint density at radius 3 is 2.72 bits per heavy atom. The molecule has 2 amide bonds. The van der Waals surface area contributed by atoms with Crippen molar-refractivity contribution in [1.29, 1.82) is 0 Å². The molecule has 2 unspecified atom stereocenters. The molecule has 2 aromatic rings. The zero-order valence-electron chi connectivity index (χ0n) is 21.1. The molecule has 8 heteroatoms. The van der Waals surface area contributed by atoms with Crippen molar-refractivity contribution in [3.05, 3.63) is 65.7 Å². The Hall–Kier alpha value is -2.94. The lowest BCUT2D eigenvalue weighted by Gasteiger charge is -2.43. The Morgan fingerprint density at radius 1 is 1.17 bits per heavy atom. The number of hydrogen-bond donors (Lipinski definition) is 2. The van der Waals surface area contributed by atoms with Crippen molar-refractivity contribution in [3.63, 3.8) is 0 Å². The SMILES string of the molecule is COc1cccc(C(=O)N2CCC(N(Cc3ccccc3)CC3CCCO3)C[C@@H]2C(=O)NCCN)c1. The highest BCUT2D eigenvalue weighted by atomic mass is 16.5. The van der Waals surface area contributed by atoms with E-state index in [2.05, 4.69) is 34.5 Å². The number of nitrogens with one attached hydrogen (secondary N) is 1. The number of nitrogens with two attached hydrogens (primary N) is 1. The average molecular weight is 495 g/mol. The molecule has 3 atom stereocenters. The van der Waals surface area contributed by atoms with Crippen LogP contribution in [0.5, 0.6) is 5.75 Å². The molecule has 2 aliphatic rings. The van der Waals surface area contributed by atoms with Gasteiger partial charge in [0.2, 0.25) is 5.91 Å². The summed E-state index contributed by atoms with van der Waals surface area (Å²) in [6.07, 6.45) is 3.69. The van der Waals surface area contributed by atoms with Crippen LogP contribution in [0.2, 0.25) is 0 Å². The van der Waals surface area contributed by atoms with Gasteiger partial charge in [-0.2, -0.15) is 0 Å². The van der Waals surface area contributed by atoms with Gasteiger partial charge in [0, 0.05) is 50.9 Å². The number of carbonyl (C=O) groups is 2. The number of methoxy groups -OCH3 is 1. The van der Waals surface area contributed by atoms with Gasteiger partial charge >= 0.3 is 0 Å². The van der Waals surface area contributed by atoms with Crippen LogP contribution in [0, 0.1) is 0 Å². The zero-order chi connectivity index (χ0) is 25.3. The number of hydrogen-bond acceptors (Lipinski definition) is 6. The molecule has 194 valence electrons. The highest BCUT2D eigenvalue weighted by Gasteiger charge is 2.39. The number of piperidine rings is 1. The van der Waals surface area contributed by atoms with Crippen molar-refractivity contribution in [2.24, 2.45) is 5.73 Å².